The fourth-order valence-electron chi connectivity index (χ4n) is 0.828. The van der Waals surface area contributed by atoms with Crippen LogP contribution >= 0.6 is 0 Å². The molecule has 0 radical (unpaired) electrons. The average molecular weight is 155 g/mol. The first-order valence-electron chi connectivity index (χ1n) is 3.96. The van der Waals surface area contributed by atoms with Crippen molar-refractivity contribution in [3.05, 3.63) is 18.0 Å². The van der Waals surface area contributed by atoms with E-state index >= 15 is 0 Å². The molecule has 0 amide bonds. The van der Waals surface area contributed by atoms with Crippen LogP contribution in [0.25, 0.3) is 0 Å². The first-order valence-corrected chi connectivity index (χ1v) is 3.96. The van der Waals surface area contributed by atoms with Crippen molar-refractivity contribution in [1.82, 2.24) is 4.98 Å². The van der Waals surface area contributed by atoms with E-state index in [0.717, 1.165) is 18.1 Å². The van der Waals surface area contributed by atoms with Gasteiger partial charge in [-0.2, -0.15) is 0 Å². The molecular weight excluding hydrogens is 138 g/mol. The summed E-state index contributed by atoms with van der Waals surface area (Å²) in [5, 5.41) is 0. The molecule has 0 aliphatic heterocycles. The largest absolute Gasteiger partial charge is 0.492 e. The number of rotatable bonds is 3. The summed E-state index contributed by atoms with van der Waals surface area (Å²) in [4.78, 5) is 3.07. The highest BCUT2D eigenvalue weighted by atomic mass is 16.5. The molecule has 1 rings (SSSR count). The number of hydrogen-bond acceptors (Lipinski definition) is 1. The zero-order valence-electron chi connectivity index (χ0n) is 7.35. The Labute approximate surface area is 69.1 Å². The highest BCUT2D eigenvalue weighted by Gasteiger charge is 1.97. The van der Waals surface area contributed by atoms with Crippen molar-refractivity contribution >= 4 is 0 Å². The average Bonchev–Trinajstić information content (AvgIpc) is 2.31. The molecule has 2 nitrogen and oxygen atoms in total. The van der Waals surface area contributed by atoms with Gasteiger partial charge in [0.15, 0.2) is 0 Å². The summed E-state index contributed by atoms with van der Waals surface area (Å²) < 4.78 is 5.46. The molecule has 0 saturated carbocycles. The first-order chi connectivity index (χ1) is 5.18. The Hall–Kier alpha value is -0.920. The van der Waals surface area contributed by atoms with E-state index in [9.17, 15) is 0 Å². The summed E-state index contributed by atoms with van der Waals surface area (Å²) in [5.74, 6) is 1.53. The lowest BCUT2D eigenvalue weighted by atomic mass is 10.2. The molecule has 0 unspecified atom stereocenters. The smallest absolute Gasteiger partial charge is 0.136 e. The van der Waals surface area contributed by atoms with Gasteiger partial charge in [0.1, 0.15) is 5.75 Å². The van der Waals surface area contributed by atoms with Gasteiger partial charge in [0.2, 0.25) is 0 Å². The molecule has 0 aliphatic rings. The van der Waals surface area contributed by atoms with Crippen LogP contribution in [0.15, 0.2) is 12.3 Å². The second kappa shape index (κ2) is 3.46. The standard InChI is InChI=1S/C9H15NO.H2/c1-7(2)6-11-9-4-8(3)10-5-9;/h4-5,7,10H,6H2,1-3H3;1H. The Morgan fingerprint density at radius 1 is 1.64 bits per heavy atom. The lowest BCUT2D eigenvalue weighted by Crippen LogP contribution is -2.03. The summed E-state index contributed by atoms with van der Waals surface area (Å²) in [6.07, 6.45) is 1.89. The molecule has 0 spiro atoms. The maximum Gasteiger partial charge on any atom is 0.136 e. The normalized spacial score (nSPS) is 10.5. The molecular formula is C9H17NO. The fraction of sp³-hybridized carbons (Fsp3) is 0.556. The number of hydrogen-bond donors (Lipinski definition) is 1. The molecule has 64 valence electrons. The van der Waals surface area contributed by atoms with E-state index in [0.29, 0.717) is 5.92 Å². The molecule has 1 heterocycles. The number of aromatic nitrogens is 1. The summed E-state index contributed by atoms with van der Waals surface area (Å²) in [6.45, 7) is 7.08. The number of aromatic amines is 1. The van der Waals surface area contributed by atoms with Crippen molar-refractivity contribution in [1.29, 1.82) is 0 Å². The number of ether oxygens (including phenoxy) is 1. The van der Waals surface area contributed by atoms with Crippen LogP contribution in [-0.4, -0.2) is 11.6 Å². The van der Waals surface area contributed by atoms with Crippen molar-refractivity contribution in [2.75, 3.05) is 6.61 Å². The minimum absolute atomic E-state index is 0. The minimum Gasteiger partial charge on any atom is -0.492 e. The second-order valence-corrected chi connectivity index (χ2v) is 3.22. The van der Waals surface area contributed by atoms with E-state index in [4.69, 9.17) is 4.74 Å². The molecule has 0 bridgehead atoms. The number of nitrogens with one attached hydrogen (secondary N) is 1. The quantitative estimate of drug-likeness (QED) is 0.713. The van der Waals surface area contributed by atoms with Crippen molar-refractivity contribution in [2.45, 2.75) is 20.8 Å². The molecule has 1 aromatic rings. The maximum absolute atomic E-state index is 5.46. The maximum atomic E-state index is 5.46. The highest BCUT2D eigenvalue weighted by Crippen LogP contribution is 2.12. The van der Waals surface area contributed by atoms with Gasteiger partial charge >= 0.3 is 0 Å². The SMILES string of the molecule is Cc1cc(OCC(C)C)c[nH]1.[HH]. The van der Waals surface area contributed by atoms with Crippen LogP contribution in [0, 0.1) is 12.8 Å². The van der Waals surface area contributed by atoms with Crippen LogP contribution in [-0.2, 0) is 0 Å². The summed E-state index contributed by atoms with van der Waals surface area (Å²) in [5.41, 5.74) is 1.14. The van der Waals surface area contributed by atoms with Gasteiger partial charge in [-0.15, -0.1) is 0 Å². The van der Waals surface area contributed by atoms with Crippen LogP contribution in [0.4, 0.5) is 0 Å². The lowest BCUT2D eigenvalue weighted by molar-refractivity contribution is 0.271. The van der Waals surface area contributed by atoms with E-state index in [1.165, 1.54) is 0 Å². The van der Waals surface area contributed by atoms with E-state index in [2.05, 4.69) is 18.8 Å². The molecule has 0 fully saturated rings. The molecule has 0 atom stereocenters. The lowest BCUT2D eigenvalue weighted by Gasteiger charge is -2.05. The van der Waals surface area contributed by atoms with Gasteiger partial charge in [-0.1, -0.05) is 13.8 Å². The van der Waals surface area contributed by atoms with Crippen LogP contribution in [0.3, 0.4) is 0 Å². The molecule has 0 aliphatic carbocycles. The Bertz CT molecular complexity index is 220. The monoisotopic (exact) mass is 155 g/mol. The third-order valence-electron chi connectivity index (χ3n) is 1.38. The van der Waals surface area contributed by atoms with Crippen LogP contribution in [0.2, 0.25) is 0 Å². The molecule has 0 saturated heterocycles. The Morgan fingerprint density at radius 2 is 2.36 bits per heavy atom. The van der Waals surface area contributed by atoms with Gasteiger partial charge in [-0.3, -0.25) is 0 Å². The predicted octanol–water partition coefficient (Wildman–Crippen LogP) is 2.60. The van der Waals surface area contributed by atoms with Crippen LogP contribution in [0.5, 0.6) is 5.75 Å². The van der Waals surface area contributed by atoms with Crippen molar-refractivity contribution in [3.8, 4) is 5.75 Å². The van der Waals surface area contributed by atoms with Crippen LogP contribution in [0.1, 0.15) is 21.0 Å². The third-order valence-corrected chi connectivity index (χ3v) is 1.38. The van der Waals surface area contributed by atoms with Gasteiger partial charge in [0.25, 0.3) is 0 Å². The van der Waals surface area contributed by atoms with E-state index in [-0.39, 0.29) is 1.43 Å². The molecule has 1 N–H and O–H groups in total. The van der Waals surface area contributed by atoms with Gasteiger partial charge < -0.3 is 9.72 Å². The van der Waals surface area contributed by atoms with Crippen molar-refractivity contribution < 1.29 is 6.16 Å². The number of H-pyrrole nitrogens is 1. The van der Waals surface area contributed by atoms with Crippen molar-refractivity contribution in [2.24, 2.45) is 5.92 Å². The van der Waals surface area contributed by atoms with Gasteiger partial charge in [0.05, 0.1) is 6.61 Å². The fourth-order valence-corrected chi connectivity index (χ4v) is 0.828. The van der Waals surface area contributed by atoms with Crippen molar-refractivity contribution in [3.63, 3.8) is 0 Å². The number of aryl methyl sites for hydroxylation is 1. The second-order valence-electron chi connectivity index (χ2n) is 3.22. The molecule has 2 heteroatoms. The van der Waals surface area contributed by atoms with E-state index in [1.54, 1.807) is 0 Å². The Balaban J connectivity index is 0.00000121. The van der Waals surface area contributed by atoms with Gasteiger partial charge in [-0.25, -0.2) is 0 Å². The van der Waals surface area contributed by atoms with Gasteiger partial charge in [0, 0.05) is 19.4 Å². The molecule has 11 heavy (non-hydrogen) atoms. The summed E-state index contributed by atoms with van der Waals surface area (Å²) in [7, 11) is 0. The van der Waals surface area contributed by atoms with Crippen LogP contribution < -0.4 is 4.74 Å². The topological polar surface area (TPSA) is 25.0 Å². The first kappa shape index (κ1) is 8.18. The molecule has 0 aromatic carbocycles. The highest BCUT2D eigenvalue weighted by molar-refractivity contribution is 5.21. The third kappa shape index (κ3) is 2.66. The zero-order chi connectivity index (χ0) is 8.27. The minimum atomic E-state index is 0. The summed E-state index contributed by atoms with van der Waals surface area (Å²) in [6, 6.07) is 2.00. The Morgan fingerprint density at radius 3 is 2.82 bits per heavy atom. The summed E-state index contributed by atoms with van der Waals surface area (Å²) >= 11 is 0. The van der Waals surface area contributed by atoms with E-state index < -0.39 is 0 Å². The van der Waals surface area contributed by atoms with Gasteiger partial charge in [-0.05, 0) is 12.8 Å². The Kier molecular flexibility index (Phi) is 2.58. The molecule has 1 aromatic heterocycles. The zero-order valence-corrected chi connectivity index (χ0v) is 7.35. The van der Waals surface area contributed by atoms with E-state index in [1.807, 2.05) is 19.2 Å². The predicted molar refractivity (Wildman–Crippen MR) is 48.0 cm³/mol.